The second kappa shape index (κ2) is 9.72. The number of rotatable bonds is 9. The number of hydrogen-bond donors (Lipinski definition) is 2. The standard InChI is InChI=1S/C14H28N2O4/c1-7-19-13(17)11(15-9(3)4)12(16-10(5)6)14(18)20-8-2/h9-12,15-16H,7-8H2,1-6H3. The molecule has 0 heterocycles. The average molecular weight is 288 g/mol. The SMILES string of the molecule is CCOC(=O)C(NC(C)C)C(NC(C)C)C(=O)OCC. The van der Waals surface area contributed by atoms with Crippen molar-refractivity contribution in [3.8, 4) is 0 Å². The maximum atomic E-state index is 12.1. The molecule has 0 aliphatic rings. The molecule has 2 unspecified atom stereocenters. The zero-order chi connectivity index (χ0) is 15.7. The van der Waals surface area contributed by atoms with Crippen molar-refractivity contribution in [1.82, 2.24) is 10.6 Å². The third kappa shape index (κ3) is 6.86. The van der Waals surface area contributed by atoms with E-state index in [-0.39, 0.29) is 25.3 Å². The lowest BCUT2D eigenvalue weighted by atomic mass is 10.1. The lowest BCUT2D eigenvalue weighted by Crippen LogP contribution is -2.60. The van der Waals surface area contributed by atoms with Gasteiger partial charge in [0.25, 0.3) is 0 Å². The van der Waals surface area contributed by atoms with Crippen LogP contribution in [0.2, 0.25) is 0 Å². The van der Waals surface area contributed by atoms with Gasteiger partial charge in [-0.2, -0.15) is 0 Å². The summed E-state index contributed by atoms with van der Waals surface area (Å²) in [7, 11) is 0. The molecule has 0 rings (SSSR count). The van der Waals surface area contributed by atoms with Crippen LogP contribution < -0.4 is 10.6 Å². The maximum absolute atomic E-state index is 12.1. The molecule has 6 nitrogen and oxygen atoms in total. The van der Waals surface area contributed by atoms with E-state index in [1.165, 1.54) is 0 Å². The topological polar surface area (TPSA) is 76.7 Å². The Bertz CT molecular complexity index is 276. The Morgan fingerprint density at radius 2 is 1.10 bits per heavy atom. The molecule has 0 bridgehead atoms. The smallest absolute Gasteiger partial charge is 0.325 e. The zero-order valence-corrected chi connectivity index (χ0v) is 13.4. The highest BCUT2D eigenvalue weighted by Crippen LogP contribution is 2.04. The van der Waals surface area contributed by atoms with Crippen LogP contribution in [0.3, 0.4) is 0 Å². The van der Waals surface area contributed by atoms with Crippen molar-refractivity contribution in [2.24, 2.45) is 0 Å². The molecule has 0 saturated heterocycles. The minimum Gasteiger partial charge on any atom is -0.465 e. The first-order valence-corrected chi connectivity index (χ1v) is 7.18. The van der Waals surface area contributed by atoms with E-state index in [2.05, 4.69) is 10.6 Å². The summed E-state index contributed by atoms with van der Waals surface area (Å²) in [6.07, 6.45) is 0. The van der Waals surface area contributed by atoms with Crippen LogP contribution >= 0.6 is 0 Å². The maximum Gasteiger partial charge on any atom is 0.325 e. The Morgan fingerprint density at radius 1 is 0.800 bits per heavy atom. The van der Waals surface area contributed by atoms with Crippen molar-refractivity contribution in [2.75, 3.05) is 13.2 Å². The fourth-order valence-electron chi connectivity index (χ4n) is 1.78. The molecule has 0 aromatic heterocycles. The first-order chi connectivity index (χ1) is 9.33. The molecule has 0 aliphatic heterocycles. The number of carbonyl (C=O) groups excluding carboxylic acids is 2. The molecule has 0 aliphatic carbocycles. The fourth-order valence-corrected chi connectivity index (χ4v) is 1.78. The number of nitrogens with one attached hydrogen (secondary N) is 2. The van der Waals surface area contributed by atoms with Gasteiger partial charge < -0.3 is 20.1 Å². The van der Waals surface area contributed by atoms with Gasteiger partial charge in [0.1, 0.15) is 12.1 Å². The minimum absolute atomic E-state index is 0.0373. The molecule has 2 atom stereocenters. The van der Waals surface area contributed by atoms with Crippen LogP contribution in [0.5, 0.6) is 0 Å². The summed E-state index contributed by atoms with van der Waals surface area (Å²) in [6, 6.07) is -1.46. The number of esters is 2. The predicted molar refractivity (Wildman–Crippen MR) is 77.4 cm³/mol. The molecule has 0 saturated carbocycles. The largest absolute Gasteiger partial charge is 0.465 e. The minimum atomic E-state index is -0.767. The molecule has 2 N–H and O–H groups in total. The molecule has 0 aromatic rings. The van der Waals surface area contributed by atoms with Crippen LogP contribution in [0.4, 0.5) is 0 Å². The highest BCUT2D eigenvalue weighted by Gasteiger charge is 2.36. The molecule has 118 valence electrons. The summed E-state index contributed by atoms with van der Waals surface area (Å²) >= 11 is 0. The third-order valence-electron chi connectivity index (χ3n) is 2.44. The predicted octanol–water partition coefficient (Wildman–Crippen LogP) is 0.846. The van der Waals surface area contributed by atoms with Crippen LogP contribution in [0.25, 0.3) is 0 Å². The van der Waals surface area contributed by atoms with E-state index in [1.54, 1.807) is 13.8 Å². The Hall–Kier alpha value is -1.14. The van der Waals surface area contributed by atoms with Crippen molar-refractivity contribution < 1.29 is 19.1 Å². The van der Waals surface area contributed by atoms with Crippen molar-refractivity contribution in [2.45, 2.75) is 65.7 Å². The second-order valence-electron chi connectivity index (χ2n) is 5.10. The highest BCUT2D eigenvalue weighted by molar-refractivity contribution is 5.87. The van der Waals surface area contributed by atoms with Crippen LogP contribution in [0, 0.1) is 0 Å². The van der Waals surface area contributed by atoms with Gasteiger partial charge in [0, 0.05) is 12.1 Å². The summed E-state index contributed by atoms with van der Waals surface area (Å²) in [5.74, 6) is -0.903. The van der Waals surface area contributed by atoms with Gasteiger partial charge in [0.2, 0.25) is 0 Å². The van der Waals surface area contributed by atoms with Crippen molar-refractivity contribution in [3.05, 3.63) is 0 Å². The number of hydrogen-bond acceptors (Lipinski definition) is 6. The van der Waals surface area contributed by atoms with E-state index in [0.717, 1.165) is 0 Å². The third-order valence-corrected chi connectivity index (χ3v) is 2.44. The average Bonchev–Trinajstić information content (AvgIpc) is 2.33. The number of ether oxygens (including phenoxy) is 2. The Morgan fingerprint density at radius 3 is 1.30 bits per heavy atom. The summed E-state index contributed by atoms with van der Waals surface area (Å²) in [5, 5.41) is 6.14. The lowest BCUT2D eigenvalue weighted by molar-refractivity contribution is -0.155. The Balaban J connectivity index is 5.14. The van der Waals surface area contributed by atoms with E-state index < -0.39 is 24.0 Å². The van der Waals surface area contributed by atoms with E-state index in [4.69, 9.17) is 9.47 Å². The van der Waals surface area contributed by atoms with Crippen LogP contribution in [-0.4, -0.2) is 49.3 Å². The van der Waals surface area contributed by atoms with Crippen LogP contribution in [0.1, 0.15) is 41.5 Å². The van der Waals surface area contributed by atoms with Gasteiger partial charge >= 0.3 is 11.9 Å². The summed E-state index contributed by atoms with van der Waals surface area (Å²) in [5.41, 5.74) is 0. The molecule has 0 fully saturated rings. The van der Waals surface area contributed by atoms with Gasteiger partial charge in [-0.3, -0.25) is 9.59 Å². The van der Waals surface area contributed by atoms with Crippen molar-refractivity contribution in [3.63, 3.8) is 0 Å². The highest BCUT2D eigenvalue weighted by atomic mass is 16.5. The van der Waals surface area contributed by atoms with Gasteiger partial charge in [-0.15, -0.1) is 0 Å². The van der Waals surface area contributed by atoms with Gasteiger partial charge in [-0.05, 0) is 13.8 Å². The first-order valence-electron chi connectivity index (χ1n) is 7.18. The molecule has 0 radical (unpaired) electrons. The van der Waals surface area contributed by atoms with Crippen LogP contribution in [0.15, 0.2) is 0 Å². The van der Waals surface area contributed by atoms with E-state index in [1.807, 2.05) is 27.7 Å². The summed E-state index contributed by atoms with van der Waals surface area (Å²) < 4.78 is 10.1. The van der Waals surface area contributed by atoms with Crippen molar-refractivity contribution >= 4 is 11.9 Å². The zero-order valence-electron chi connectivity index (χ0n) is 13.4. The van der Waals surface area contributed by atoms with Gasteiger partial charge in [0.15, 0.2) is 0 Å². The molecular weight excluding hydrogens is 260 g/mol. The summed E-state index contributed by atoms with van der Waals surface area (Å²) in [4.78, 5) is 24.2. The molecule has 6 heteroatoms. The van der Waals surface area contributed by atoms with Crippen molar-refractivity contribution in [1.29, 1.82) is 0 Å². The number of carbonyl (C=O) groups is 2. The van der Waals surface area contributed by atoms with E-state index in [9.17, 15) is 9.59 Å². The molecule has 0 amide bonds. The van der Waals surface area contributed by atoms with Gasteiger partial charge in [-0.25, -0.2) is 0 Å². The lowest BCUT2D eigenvalue weighted by Gasteiger charge is -2.28. The van der Waals surface area contributed by atoms with Gasteiger partial charge in [0.05, 0.1) is 13.2 Å². The fraction of sp³-hybridized carbons (Fsp3) is 0.857. The molecule has 0 spiro atoms. The quantitative estimate of drug-likeness (QED) is 0.612. The Labute approximate surface area is 121 Å². The van der Waals surface area contributed by atoms with Crippen LogP contribution in [-0.2, 0) is 19.1 Å². The molecule has 0 aromatic carbocycles. The Kier molecular flexibility index (Phi) is 9.16. The van der Waals surface area contributed by atoms with E-state index >= 15 is 0 Å². The molecule has 20 heavy (non-hydrogen) atoms. The normalized spacial score (nSPS) is 14.2. The van der Waals surface area contributed by atoms with E-state index in [0.29, 0.717) is 0 Å². The second-order valence-corrected chi connectivity index (χ2v) is 5.10. The monoisotopic (exact) mass is 288 g/mol. The first kappa shape index (κ1) is 18.9. The molecular formula is C14H28N2O4. The van der Waals surface area contributed by atoms with Gasteiger partial charge in [-0.1, -0.05) is 27.7 Å². The summed E-state index contributed by atoms with van der Waals surface area (Å²) in [6.45, 7) is 11.6.